The number of allylic oxidation sites excluding steroid dienone is 1. The Morgan fingerprint density at radius 1 is 0.833 bits per heavy atom. The smallest absolute Gasteiger partial charge is 0.246 e. The van der Waals surface area contributed by atoms with Gasteiger partial charge < -0.3 is 28.6 Å². The molecule has 0 heterocycles. The average molecular weight is 345 g/mol. The largest absolute Gasteiger partial charge is 0.379 e. The molecule has 0 rings (SSSR count). The van der Waals surface area contributed by atoms with Gasteiger partial charge in [-0.25, -0.2) is 0 Å². The Bertz CT molecular complexity index is 360. The minimum absolute atomic E-state index is 0.241. The summed E-state index contributed by atoms with van der Waals surface area (Å²) in [6.07, 6.45) is 4.15. The summed E-state index contributed by atoms with van der Waals surface area (Å²) in [5.74, 6) is -0.241. The molecule has 0 aliphatic carbocycles. The molecule has 0 aliphatic rings. The first kappa shape index (κ1) is 22.4. The van der Waals surface area contributed by atoms with Gasteiger partial charge in [0.2, 0.25) is 5.91 Å². The highest BCUT2D eigenvalue weighted by Crippen LogP contribution is 1.88. The molecule has 0 aromatic rings. The van der Waals surface area contributed by atoms with Crippen LogP contribution in [0.15, 0.2) is 12.2 Å². The van der Waals surface area contributed by atoms with Crippen LogP contribution >= 0.6 is 0 Å². The quantitative estimate of drug-likeness (QED) is 0.206. The average Bonchev–Trinajstić information content (AvgIpc) is 2.59. The highest BCUT2D eigenvalue weighted by atomic mass is 16.6. The monoisotopic (exact) mass is 345 g/mol. The maximum Gasteiger partial charge on any atom is 0.246 e. The van der Waals surface area contributed by atoms with E-state index in [2.05, 4.69) is 0 Å². The second kappa shape index (κ2) is 17.7. The van der Waals surface area contributed by atoms with E-state index in [1.54, 1.807) is 7.05 Å². The summed E-state index contributed by atoms with van der Waals surface area (Å²) in [5, 5.41) is 0. The lowest BCUT2D eigenvalue weighted by Gasteiger charge is -2.14. The van der Waals surface area contributed by atoms with Crippen LogP contribution in [0.1, 0.15) is 6.42 Å². The Kier molecular flexibility index (Phi) is 16.5. The van der Waals surface area contributed by atoms with Crippen LogP contribution in [0, 0.1) is 0 Å². The molecule has 8 heteroatoms. The Morgan fingerprint density at radius 2 is 1.33 bits per heavy atom. The van der Waals surface area contributed by atoms with Crippen molar-refractivity contribution in [2.24, 2.45) is 0 Å². The van der Waals surface area contributed by atoms with Crippen LogP contribution in [0.4, 0.5) is 0 Å². The summed E-state index contributed by atoms with van der Waals surface area (Å²) in [6.45, 7) is 4.01. The summed E-state index contributed by atoms with van der Waals surface area (Å²) in [6, 6.07) is 0. The van der Waals surface area contributed by atoms with Crippen LogP contribution in [0.2, 0.25) is 0 Å². The maximum absolute atomic E-state index is 11.4. The summed E-state index contributed by atoms with van der Waals surface area (Å²) in [4.78, 5) is 33.0. The fraction of sp³-hybridized carbons (Fsp3) is 0.688. The Morgan fingerprint density at radius 3 is 1.83 bits per heavy atom. The zero-order chi connectivity index (χ0) is 17.9. The first-order chi connectivity index (χ1) is 11.7. The van der Waals surface area contributed by atoms with E-state index in [0.717, 1.165) is 12.4 Å². The van der Waals surface area contributed by atoms with Gasteiger partial charge in [-0.1, -0.05) is 0 Å². The molecule has 0 bridgehead atoms. The van der Waals surface area contributed by atoms with E-state index in [9.17, 15) is 14.4 Å². The van der Waals surface area contributed by atoms with E-state index in [4.69, 9.17) is 18.9 Å². The first-order valence-electron chi connectivity index (χ1n) is 7.84. The number of amides is 1. The second-order valence-electron chi connectivity index (χ2n) is 4.66. The molecule has 0 N–H and O–H groups in total. The van der Waals surface area contributed by atoms with Crippen molar-refractivity contribution < 1.29 is 33.3 Å². The normalized spacial score (nSPS) is 10.9. The van der Waals surface area contributed by atoms with E-state index in [0.29, 0.717) is 72.1 Å². The van der Waals surface area contributed by atoms with E-state index >= 15 is 0 Å². The highest BCUT2D eigenvalue weighted by molar-refractivity contribution is 5.90. The molecule has 0 aromatic heterocycles. The summed E-state index contributed by atoms with van der Waals surface area (Å²) >= 11 is 0. The van der Waals surface area contributed by atoms with Gasteiger partial charge in [0.05, 0.1) is 52.9 Å². The summed E-state index contributed by atoms with van der Waals surface area (Å²) in [5.41, 5.74) is 0. The van der Waals surface area contributed by atoms with Crippen LogP contribution in [0.25, 0.3) is 0 Å². The van der Waals surface area contributed by atoms with E-state index in [1.165, 1.54) is 11.0 Å². The Balaban J connectivity index is 3.25. The van der Waals surface area contributed by atoms with Crippen molar-refractivity contribution in [3.8, 4) is 0 Å². The molecule has 0 unspecified atom stereocenters. The van der Waals surface area contributed by atoms with Crippen LogP contribution in [-0.4, -0.2) is 89.8 Å². The number of carbonyl (C=O) groups is 3. The van der Waals surface area contributed by atoms with Gasteiger partial charge in [-0.15, -0.1) is 0 Å². The molecule has 0 spiro atoms. The van der Waals surface area contributed by atoms with Crippen molar-refractivity contribution in [1.82, 2.24) is 4.90 Å². The number of likely N-dealkylation sites (N-methyl/N-ethyl adjacent to an activating group) is 1. The topological polar surface area (TPSA) is 91.4 Å². The van der Waals surface area contributed by atoms with E-state index in [-0.39, 0.29) is 5.91 Å². The SMILES string of the molecule is CN(CCOCCOCCOCCOCCC=O)C(=O)/C=C\C=O. The number of hydrogen-bond acceptors (Lipinski definition) is 7. The van der Waals surface area contributed by atoms with Crippen molar-refractivity contribution in [3.05, 3.63) is 12.2 Å². The lowest BCUT2D eigenvalue weighted by molar-refractivity contribution is -0.125. The summed E-state index contributed by atoms with van der Waals surface area (Å²) < 4.78 is 21.1. The number of aldehydes is 2. The molecule has 8 nitrogen and oxygen atoms in total. The minimum Gasteiger partial charge on any atom is -0.379 e. The van der Waals surface area contributed by atoms with Crippen LogP contribution in [-0.2, 0) is 33.3 Å². The second-order valence-corrected chi connectivity index (χ2v) is 4.66. The van der Waals surface area contributed by atoms with Crippen LogP contribution in [0.5, 0.6) is 0 Å². The molecular weight excluding hydrogens is 318 g/mol. The zero-order valence-electron chi connectivity index (χ0n) is 14.2. The van der Waals surface area contributed by atoms with Crippen molar-refractivity contribution in [1.29, 1.82) is 0 Å². The van der Waals surface area contributed by atoms with E-state index in [1.807, 2.05) is 0 Å². The molecular formula is C16H27NO7. The molecule has 0 radical (unpaired) electrons. The van der Waals surface area contributed by atoms with Crippen molar-refractivity contribution in [2.75, 3.05) is 66.4 Å². The fourth-order valence-electron chi connectivity index (χ4n) is 1.45. The molecule has 24 heavy (non-hydrogen) atoms. The van der Waals surface area contributed by atoms with Crippen molar-refractivity contribution in [3.63, 3.8) is 0 Å². The predicted octanol–water partition coefficient (Wildman–Crippen LogP) is -0.145. The van der Waals surface area contributed by atoms with Gasteiger partial charge in [0, 0.05) is 26.1 Å². The van der Waals surface area contributed by atoms with Crippen molar-refractivity contribution >= 4 is 18.5 Å². The fourth-order valence-corrected chi connectivity index (χ4v) is 1.45. The van der Waals surface area contributed by atoms with Gasteiger partial charge in [0.25, 0.3) is 0 Å². The van der Waals surface area contributed by atoms with Gasteiger partial charge in [-0.2, -0.15) is 0 Å². The molecule has 0 atom stereocenters. The third-order valence-electron chi connectivity index (χ3n) is 2.76. The number of hydrogen-bond donors (Lipinski definition) is 0. The molecule has 0 aliphatic heterocycles. The van der Waals surface area contributed by atoms with Crippen molar-refractivity contribution in [2.45, 2.75) is 6.42 Å². The van der Waals surface area contributed by atoms with Gasteiger partial charge in [-0.3, -0.25) is 9.59 Å². The standard InChI is InChI=1S/C16H27NO7/c1-17(16(20)4-2-6-18)5-9-22-11-13-24-15-14-23-12-10-21-8-3-7-19/h2,4,6-7H,3,5,8-15H2,1H3/b4-2-. The Labute approximate surface area is 142 Å². The third kappa shape index (κ3) is 15.3. The van der Waals surface area contributed by atoms with Crippen LogP contribution < -0.4 is 0 Å². The van der Waals surface area contributed by atoms with Gasteiger partial charge in [-0.05, 0) is 6.08 Å². The number of ether oxygens (including phenoxy) is 4. The maximum atomic E-state index is 11.4. The summed E-state index contributed by atoms with van der Waals surface area (Å²) in [7, 11) is 1.64. The Hall–Kier alpha value is -1.61. The molecule has 1 amide bonds. The molecule has 0 saturated heterocycles. The number of carbonyl (C=O) groups excluding carboxylic acids is 3. The highest BCUT2D eigenvalue weighted by Gasteiger charge is 2.03. The third-order valence-corrected chi connectivity index (χ3v) is 2.76. The first-order valence-corrected chi connectivity index (χ1v) is 7.84. The molecule has 0 aromatic carbocycles. The zero-order valence-corrected chi connectivity index (χ0v) is 14.2. The molecule has 0 fully saturated rings. The lowest BCUT2D eigenvalue weighted by atomic mass is 10.4. The number of nitrogens with zero attached hydrogens (tertiary/aromatic N) is 1. The lowest BCUT2D eigenvalue weighted by Crippen LogP contribution is -2.29. The van der Waals surface area contributed by atoms with Gasteiger partial charge in [0.15, 0.2) is 0 Å². The number of rotatable bonds is 17. The predicted molar refractivity (Wildman–Crippen MR) is 86.8 cm³/mol. The van der Waals surface area contributed by atoms with Gasteiger partial charge in [0.1, 0.15) is 12.6 Å². The molecule has 0 saturated carbocycles. The minimum atomic E-state index is -0.241. The van der Waals surface area contributed by atoms with E-state index < -0.39 is 0 Å². The van der Waals surface area contributed by atoms with Crippen LogP contribution in [0.3, 0.4) is 0 Å². The molecule has 138 valence electrons. The van der Waals surface area contributed by atoms with Gasteiger partial charge >= 0.3 is 0 Å².